The normalized spacial score (nSPS) is 10.7. The number of esters is 1. The summed E-state index contributed by atoms with van der Waals surface area (Å²) in [4.78, 5) is 39.2. The van der Waals surface area contributed by atoms with Crippen molar-refractivity contribution in [2.24, 2.45) is 0 Å². The van der Waals surface area contributed by atoms with Gasteiger partial charge in [-0.15, -0.1) is 0 Å². The van der Waals surface area contributed by atoms with Gasteiger partial charge in [0, 0.05) is 35.6 Å². The van der Waals surface area contributed by atoms with Crippen LogP contribution in [0.2, 0.25) is 0 Å². The van der Waals surface area contributed by atoms with E-state index in [4.69, 9.17) is 4.74 Å². The molecule has 0 fully saturated rings. The molecule has 6 heteroatoms. The molecule has 0 atom stereocenters. The SMILES string of the molecule is Cc1ccc(C(=O)CCC(=O)OCC(=O)NCCc2c[nH]c3ccccc23)cc1C. The van der Waals surface area contributed by atoms with Crippen molar-refractivity contribution in [3.8, 4) is 0 Å². The molecule has 0 saturated heterocycles. The number of benzene rings is 2. The number of ether oxygens (including phenoxy) is 1. The van der Waals surface area contributed by atoms with Crippen LogP contribution in [-0.2, 0) is 20.7 Å². The lowest BCUT2D eigenvalue weighted by Gasteiger charge is -2.07. The number of carbonyl (C=O) groups is 3. The van der Waals surface area contributed by atoms with Crippen molar-refractivity contribution in [2.45, 2.75) is 33.1 Å². The predicted molar refractivity (Wildman–Crippen MR) is 115 cm³/mol. The number of hydrogen-bond acceptors (Lipinski definition) is 4. The molecule has 1 amide bonds. The zero-order chi connectivity index (χ0) is 21.5. The highest BCUT2D eigenvalue weighted by Gasteiger charge is 2.12. The summed E-state index contributed by atoms with van der Waals surface area (Å²) in [5.74, 6) is -1.03. The number of H-pyrrole nitrogens is 1. The highest BCUT2D eigenvalue weighted by Crippen LogP contribution is 2.17. The first-order chi connectivity index (χ1) is 14.4. The maximum absolute atomic E-state index is 12.2. The van der Waals surface area contributed by atoms with Crippen LogP contribution in [0.15, 0.2) is 48.7 Å². The van der Waals surface area contributed by atoms with Crippen LogP contribution in [0.3, 0.4) is 0 Å². The minimum atomic E-state index is -0.557. The van der Waals surface area contributed by atoms with Gasteiger partial charge in [0.1, 0.15) is 0 Å². The molecule has 0 spiro atoms. The molecule has 2 aromatic carbocycles. The van der Waals surface area contributed by atoms with Crippen molar-refractivity contribution >= 4 is 28.6 Å². The third-order valence-corrected chi connectivity index (χ3v) is 5.14. The molecule has 6 nitrogen and oxygen atoms in total. The van der Waals surface area contributed by atoms with E-state index in [1.807, 2.05) is 56.4 Å². The van der Waals surface area contributed by atoms with Crippen LogP contribution in [0.25, 0.3) is 10.9 Å². The molecule has 0 unspecified atom stereocenters. The monoisotopic (exact) mass is 406 g/mol. The molecular formula is C24H26N2O4. The van der Waals surface area contributed by atoms with Gasteiger partial charge in [0.25, 0.3) is 5.91 Å². The Balaban J connectivity index is 1.35. The zero-order valence-electron chi connectivity index (χ0n) is 17.3. The highest BCUT2D eigenvalue weighted by atomic mass is 16.5. The van der Waals surface area contributed by atoms with E-state index in [1.165, 1.54) is 0 Å². The van der Waals surface area contributed by atoms with E-state index >= 15 is 0 Å². The third-order valence-electron chi connectivity index (χ3n) is 5.14. The number of carbonyl (C=O) groups excluding carboxylic acids is 3. The second-order valence-corrected chi connectivity index (χ2v) is 7.34. The van der Waals surface area contributed by atoms with Crippen molar-refractivity contribution in [3.05, 3.63) is 70.9 Å². The molecule has 30 heavy (non-hydrogen) atoms. The van der Waals surface area contributed by atoms with E-state index in [9.17, 15) is 14.4 Å². The van der Waals surface area contributed by atoms with Crippen LogP contribution in [0, 0.1) is 13.8 Å². The minimum absolute atomic E-state index is 0.0472. The van der Waals surface area contributed by atoms with Crippen LogP contribution in [0.5, 0.6) is 0 Å². The van der Waals surface area contributed by atoms with Gasteiger partial charge < -0.3 is 15.0 Å². The molecule has 0 aliphatic rings. The van der Waals surface area contributed by atoms with Crippen LogP contribution in [-0.4, -0.2) is 35.8 Å². The number of hydrogen-bond donors (Lipinski definition) is 2. The Kier molecular flexibility index (Phi) is 7.01. The largest absolute Gasteiger partial charge is 0.456 e. The molecule has 0 bridgehead atoms. The van der Waals surface area contributed by atoms with E-state index in [1.54, 1.807) is 6.07 Å². The molecule has 0 saturated carbocycles. The average molecular weight is 406 g/mol. The fourth-order valence-corrected chi connectivity index (χ4v) is 3.22. The maximum atomic E-state index is 12.2. The molecule has 1 heterocycles. The first-order valence-corrected chi connectivity index (χ1v) is 10.0. The molecule has 3 aromatic rings. The van der Waals surface area contributed by atoms with Gasteiger partial charge in [-0.2, -0.15) is 0 Å². The number of aromatic nitrogens is 1. The number of rotatable bonds is 9. The number of ketones is 1. The number of aryl methyl sites for hydroxylation is 2. The molecule has 0 radical (unpaired) electrons. The fraction of sp³-hybridized carbons (Fsp3) is 0.292. The Hall–Kier alpha value is -3.41. The summed E-state index contributed by atoms with van der Waals surface area (Å²) in [5.41, 5.74) is 4.91. The first kappa shape index (κ1) is 21.3. The van der Waals surface area contributed by atoms with Gasteiger partial charge in [-0.3, -0.25) is 14.4 Å². The van der Waals surface area contributed by atoms with Crippen molar-refractivity contribution in [1.82, 2.24) is 10.3 Å². The Morgan fingerprint density at radius 3 is 2.60 bits per heavy atom. The third kappa shape index (κ3) is 5.56. The van der Waals surface area contributed by atoms with Gasteiger partial charge in [-0.25, -0.2) is 0 Å². The van der Waals surface area contributed by atoms with E-state index in [-0.39, 0.29) is 31.1 Å². The fourth-order valence-electron chi connectivity index (χ4n) is 3.22. The summed E-state index contributed by atoms with van der Waals surface area (Å²) in [6, 6.07) is 13.4. The Morgan fingerprint density at radius 1 is 1.00 bits per heavy atom. The van der Waals surface area contributed by atoms with Crippen LogP contribution in [0.1, 0.15) is 39.9 Å². The van der Waals surface area contributed by atoms with E-state index in [2.05, 4.69) is 10.3 Å². The first-order valence-electron chi connectivity index (χ1n) is 10.0. The molecule has 156 valence electrons. The number of Topliss-reactive ketones (excluding diaryl/α,β-unsaturated/α-hetero) is 1. The van der Waals surface area contributed by atoms with Crippen molar-refractivity contribution in [3.63, 3.8) is 0 Å². The lowest BCUT2D eigenvalue weighted by Crippen LogP contribution is -2.30. The lowest BCUT2D eigenvalue weighted by atomic mass is 10.0. The molecule has 3 rings (SSSR count). The zero-order valence-corrected chi connectivity index (χ0v) is 17.3. The number of fused-ring (bicyclic) bond motifs is 1. The van der Waals surface area contributed by atoms with E-state index in [0.717, 1.165) is 27.6 Å². The van der Waals surface area contributed by atoms with Crippen LogP contribution >= 0.6 is 0 Å². The number of amides is 1. The quantitative estimate of drug-likeness (QED) is 0.419. The second-order valence-electron chi connectivity index (χ2n) is 7.34. The molecule has 2 N–H and O–H groups in total. The molecule has 0 aliphatic carbocycles. The van der Waals surface area contributed by atoms with Crippen LogP contribution < -0.4 is 5.32 Å². The van der Waals surface area contributed by atoms with Gasteiger partial charge >= 0.3 is 5.97 Å². The lowest BCUT2D eigenvalue weighted by molar-refractivity contribution is -0.148. The Bertz CT molecular complexity index is 1070. The van der Waals surface area contributed by atoms with Gasteiger partial charge in [0.2, 0.25) is 0 Å². The maximum Gasteiger partial charge on any atom is 0.306 e. The van der Waals surface area contributed by atoms with E-state index in [0.29, 0.717) is 18.5 Å². The summed E-state index contributed by atoms with van der Waals surface area (Å²) < 4.78 is 4.98. The van der Waals surface area contributed by atoms with Crippen molar-refractivity contribution in [1.29, 1.82) is 0 Å². The molecular weight excluding hydrogens is 380 g/mol. The Morgan fingerprint density at radius 2 is 1.80 bits per heavy atom. The van der Waals surface area contributed by atoms with Crippen LogP contribution in [0.4, 0.5) is 0 Å². The summed E-state index contributed by atoms with van der Waals surface area (Å²) >= 11 is 0. The topological polar surface area (TPSA) is 88.3 Å². The van der Waals surface area contributed by atoms with E-state index < -0.39 is 5.97 Å². The van der Waals surface area contributed by atoms with Crippen molar-refractivity contribution < 1.29 is 19.1 Å². The van der Waals surface area contributed by atoms with Gasteiger partial charge in [-0.05, 0) is 49.1 Å². The molecule has 1 aromatic heterocycles. The summed E-state index contributed by atoms with van der Waals surface area (Å²) in [6.45, 7) is 4.03. The second kappa shape index (κ2) is 9.87. The number of aromatic amines is 1. The average Bonchev–Trinajstić information content (AvgIpc) is 3.15. The highest BCUT2D eigenvalue weighted by molar-refractivity contribution is 5.97. The minimum Gasteiger partial charge on any atom is -0.456 e. The molecule has 0 aliphatic heterocycles. The van der Waals surface area contributed by atoms with Gasteiger partial charge in [-0.1, -0.05) is 30.3 Å². The smallest absolute Gasteiger partial charge is 0.306 e. The van der Waals surface area contributed by atoms with Gasteiger partial charge in [0.05, 0.1) is 6.42 Å². The van der Waals surface area contributed by atoms with Crippen molar-refractivity contribution in [2.75, 3.05) is 13.2 Å². The standard InChI is InChI=1S/C24H26N2O4/c1-16-7-8-18(13-17(16)2)22(27)9-10-24(29)30-15-23(28)25-12-11-19-14-26-21-6-4-3-5-20(19)21/h3-8,13-14,26H,9-12,15H2,1-2H3,(H,25,28). The Labute approximate surface area is 175 Å². The summed E-state index contributed by atoms with van der Waals surface area (Å²) in [6.07, 6.45) is 2.62. The predicted octanol–water partition coefficient (Wildman–Crippen LogP) is 3.65. The number of nitrogens with one attached hydrogen (secondary N) is 2. The summed E-state index contributed by atoms with van der Waals surface area (Å²) in [7, 11) is 0. The number of para-hydroxylation sites is 1. The van der Waals surface area contributed by atoms with Gasteiger partial charge in [0.15, 0.2) is 12.4 Å². The summed E-state index contributed by atoms with van der Waals surface area (Å²) in [5, 5.41) is 3.88.